The number of aromatic nitrogens is 3. The Hall–Kier alpha value is -4.08. The molecule has 0 aliphatic carbocycles. The molecule has 10 nitrogen and oxygen atoms in total. The summed E-state index contributed by atoms with van der Waals surface area (Å²) in [6.07, 6.45) is 3.49. The first-order valence-electron chi connectivity index (χ1n) is 7.82. The molecular formula is C17H11N5O5. The minimum Gasteiger partial charge on any atom is -0.349 e. The Morgan fingerprint density at radius 1 is 0.963 bits per heavy atom. The summed E-state index contributed by atoms with van der Waals surface area (Å²) in [6, 6.07) is 12.3. The number of hydrogen-bond acceptors (Lipinski definition) is 7. The number of nitro groups is 2. The summed E-state index contributed by atoms with van der Waals surface area (Å²) in [4.78, 5) is 21.3. The van der Waals surface area contributed by atoms with Crippen LogP contribution in [0.25, 0.3) is 22.2 Å². The van der Waals surface area contributed by atoms with E-state index in [1.54, 1.807) is 18.5 Å². The van der Waals surface area contributed by atoms with Gasteiger partial charge in [-0.05, 0) is 21.9 Å². The van der Waals surface area contributed by atoms with Crippen molar-refractivity contribution in [1.29, 1.82) is 0 Å². The van der Waals surface area contributed by atoms with Gasteiger partial charge in [0.2, 0.25) is 5.52 Å². The molecule has 0 saturated heterocycles. The second-order valence-corrected chi connectivity index (χ2v) is 5.82. The molecule has 0 amide bonds. The summed E-state index contributed by atoms with van der Waals surface area (Å²) in [5.41, 5.74) is 0.588. The van der Waals surface area contributed by atoms with Crippen molar-refractivity contribution in [3.8, 4) is 11.1 Å². The number of rotatable bonds is 5. The zero-order valence-corrected chi connectivity index (χ0v) is 13.7. The minimum absolute atomic E-state index is 0.0200. The molecule has 27 heavy (non-hydrogen) atoms. The molecule has 0 saturated carbocycles. The van der Waals surface area contributed by atoms with Gasteiger partial charge in [-0.25, -0.2) is 4.63 Å². The Labute approximate surface area is 150 Å². The summed E-state index contributed by atoms with van der Waals surface area (Å²) in [5, 5.41) is 30.0. The molecule has 0 bridgehead atoms. The second-order valence-electron chi connectivity index (χ2n) is 5.82. The van der Waals surface area contributed by atoms with Crippen LogP contribution in [0.15, 0.2) is 59.5 Å². The highest BCUT2D eigenvalue weighted by Crippen LogP contribution is 2.40. The van der Waals surface area contributed by atoms with Gasteiger partial charge >= 0.3 is 5.69 Å². The SMILES string of the molecule is O=[N+]([O-])c1cc([N+](=O)[O-])c2nonc2c1-c1ccn(Cc2ccccc2)c1. The number of hydrogen-bond donors (Lipinski definition) is 0. The fraction of sp³-hybridized carbons (Fsp3) is 0.0588. The molecule has 2 heterocycles. The van der Waals surface area contributed by atoms with Gasteiger partial charge in [-0.1, -0.05) is 30.3 Å². The normalized spacial score (nSPS) is 11.0. The first-order valence-corrected chi connectivity index (χ1v) is 7.82. The van der Waals surface area contributed by atoms with Gasteiger partial charge in [0.1, 0.15) is 0 Å². The highest BCUT2D eigenvalue weighted by Gasteiger charge is 2.30. The van der Waals surface area contributed by atoms with Gasteiger partial charge in [0, 0.05) is 24.5 Å². The van der Waals surface area contributed by atoms with Crippen LogP contribution in [-0.4, -0.2) is 24.7 Å². The van der Waals surface area contributed by atoms with Crippen LogP contribution >= 0.6 is 0 Å². The van der Waals surface area contributed by atoms with Crippen molar-refractivity contribution >= 4 is 22.4 Å². The lowest BCUT2D eigenvalue weighted by atomic mass is 10.0. The van der Waals surface area contributed by atoms with Crippen LogP contribution in [0.2, 0.25) is 0 Å². The summed E-state index contributed by atoms with van der Waals surface area (Å²) in [5.74, 6) is 0. The third-order valence-electron chi connectivity index (χ3n) is 4.14. The molecule has 0 aliphatic rings. The van der Waals surface area contributed by atoms with E-state index >= 15 is 0 Å². The van der Waals surface area contributed by atoms with Crippen LogP contribution in [0.3, 0.4) is 0 Å². The number of nitrogens with zero attached hydrogens (tertiary/aromatic N) is 5. The van der Waals surface area contributed by atoms with E-state index in [1.807, 2.05) is 34.9 Å². The molecular weight excluding hydrogens is 354 g/mol. The van der Waals surface area contributed by atoms with E-state index in [1.165, 1.54) is 0 Å². The van der Waals surface area contributed by atoms with Gasteiger partial charge in [0.15, 0.2) is 5.52 Å². The third kappa shape index (κ3) is 2.88. The zero-order valence-electron chi connectivity index (χ0n) is 13.7. The molecule has 0 aliphatic heterocycles. The molecule has 0 spiro atoms. The van der Waals surface area contributed by atoms with E-state index < -0.39 is 21.2 Å². The summed E-state index contributed by atoms with van der Waals surface area (Å²) in [6.45, 7) is 0.571. The number of non-ortho nitro benzene ring substituents is 1. The van der Waals surface area contributed by atoms with Crippen LogP contribution in [0.5, 0.6) is 0 Å². The maximum Gasteiger partial charge on any atom is 0.307 e. The quantitative estimate of drug-likeness (QED) is 0.390. The Morgan fingerprint density at radius 3 is 2.37 bits per heavy atom. The summed E-state index contributed by atoms with van der Waals surface area (Å²) >= 11 is 0. The number of fused-ring (bicyclic) bond motifs is 1. The van der Waals surface area contributed by atoms with Crippen molar-refractivity contribution in [2.45, 2.75) is 6.54 Å². The molecule has 0 unspecified atom stereocenters. The lowest BCUT2D eigenvalue weighted by Gasteiger charge is -2.04. The van der Waals surface area contributed by atoms with Gasteiger partial charge in [-0.15, -0.1) is 0 Å². The van der Waals surface area contributed by atoms with Crippen molar-refractivity contribution in [1.82, 2.24) is 14.9 Å². The number of nitro benzene ring substituents is 2. The van der Waals surface area contributed by atoms with Gasteiger partial charge in [0.05, 0.1) is 21.5 Å². The zero-order chi connectivity index (χ0) is 19.0. The third-order valence-corrected chi connectivity index (χ3v) is 4.14. The molecule has 0 fully saturated rings. The first-order chi connectivity index (χ1) is 13.0. The van der Waals surface area contributed by atoms with Crippen LogP contribution in [0.1, 0.15) is 5.56 Å². The summed E-state index contributed by atoms with van der Waals surface area (Å²) in [7, 11) is 0. The van der Waals surface area contributed by atoms with E-state index in [4.69, 9.17) is 0 Å². The van der Waals surface area contributed by atoms with Crippen LogP contribution in [0.4, 0.5) is 11.4 Å². The van der Waals surface area contributed by atoms with Gasteiger partial charge in [-0.3, -0.25) is 20.2 Å². The highest BCUT2D eigenvalue weighted by molar-refractivity contribution is 6.01. The van der Waals surface area contributed by atoms with Crippen molar-refractivity contribution < 1.29 is 14.5 Å². The van der Waals surface area contributed by atoms with E-state index in [0.29, 0.717) is 12.1 Å². The Morgan fingerprint density at radius 2 is 1.67 bits per heavy atom. The maximum absolute atomic E-state index is 11.5. The lowest BCUT2D eigenvalue weighted by Crippen LogP contribution is -1.98. The molecule has 4 aromatic rings. The van der Waals surface area contributed by atoms with Crippen LogP contribution < -0.4 is 0 Å². The minimum atomic E-state index is -0.746. The predicted octanol–water partition coefficient (Wildman–Crippen LogP) is 3.56. The largest absolute Gasteiger partial charge is 0.349 e. The van der Waals surface area contributed by atoms with Gasteiger partial charge in [0.25, 0.3) is 5.69 Å². The predicted molar refractivity (Wildman–Crippen MR) is 94.1 cm³/mol. The van der Waals surface area contributed by atoms with Crippen molar-refractivity contribution in [3.63, 3.8) is 0 Å². The summed E-state index contributed by atoms with van der Waals surface area (Å²) < 4.78 is 6.48. The molecule has 0 atom stereocenters. The topological polar surface area (TPSA) is 130 Å². The Kier molecular flexibility index (Phi) is 3.84. The second kappa shape index (κ2) is 6.33. The van der Waals surface area contributed by atoms with E-state index in [9.17, 15) is 20.2 Å². The molecule has 134 valence electrons. The standard InChI is InChI=1S/C17H11N5O5/c23-21(24)13-8-14(22(25)26)16-17(19-27-18-16)15(13)12-6-7-20(10-12)9-11-4-2-1-3-5-11/h1-8,10H,9H2. The average Bonchev–Trinajstić information content (AvgIpc) is 3.30. The van der Waals surface area contributed by atoms with E-state index in [0.717, 1.165) is 11.6 Å². The number of benzene rings is 2. The van der Waals surface area contributed by atoms with Gasteiger partial charge in [-0.2, -0.15) is 0 Å². The maximum atomic E-state index is 11.5. The van der Waals surface area contributed by atoms with Crippen molar-refractivity contribution in [2.24, 2.45) is 0 Å². The first kappa shape index (κ1) is 16.4. The molecule has 2 aromatic carbocycles. The van der Waals surface area contributed by atoms with Crippen LogP contribution in [0, 0.1) is 20.2 Å². The molecule has 0 N–H and O–H groups in total. The smallest absolute Gasteiger partial charge is 0.307 e. The van der Waals surface area contributed by atoms with E-state index in [2.05, 4.69) is 14.9 Å². The molecule has 10 heteroatoms. The fourth-order valence-electron chi connectivity index (χ4n) is 2.96. The highest BCUT2D eigenvalue weighted by atomic mass is 16.6. The average molecular weight is 365 g/mol. The lowest BCUT2D eigenvalue weighted by molar-refractivity contribution is -0.392. The fourth-order valence-corrected chi connectivity index (χ4v) is 2.96. The Balaban J connectivity index is 1.85. The Bertz CT molecular complexity index is 1170. The van der Waals surface area contributed by atoms with Gasteiger partial charge < -0.3 is 4.57 Å². The van der Waals surface area contributed by atoms with E-state index in [-0.39, 0.29) is 16.6 Å². The van der Waals surface area contributed by atoms with Crippen molar-refractivity contribution in [3.05, 3.63) is 80.7 Å². The van der Waals surface area contributed by atoms with Crippen molar-refractivity contribution in [2.75, 3.05) is 0 Å². The molecule has 2 aromatic heterocycles. The molecule has 0 radical (unpaired) electrons. The molecule has 4 rings (SSSR count). The van der Waals surface area contributed by atoms with Crippen LogP contribution in [-0.2, 0) is 6.54 Å². The monoisotopic (exact) mass is 365 g/mol.